The Hall–Kier alpha value is -3.13. The number of benzene rings is 2. The topological polar surface area (TPSA) is 49.0 Å². The van der Waals surface area contributed by atoms with Crippen molar-refractivity contribution in [1.82, 2.24) is 9.47 Å². The molecule has 0 spiro atoms. The molecule has 1 aliphatic heterocycles. The van der Waals surface area contributed by atoms with Crippen molar-refractivity contribution >= 4 is 16.8 Å². The van der Waals surface area contributed by atoms with Crippen LogP contribution < -0.4 is 0 Å². The second-order valence-electron chi connectivity index (χ2n) is 7.40. The van der Waals surface area contributed by atoms with E-state index in [9.17, 15) is 9.18 Å². The summed E-state index contributed by atoms with van der Waals surface area (Å²) in [4.78, 5) is 15.1. The van der Waals surface area contributed by atoms with Crippen LogP contribution in [0.5, 0.6) is 0 Å². The number of carbonyl (C=O) groups excluding carboxylic acids is 1. The highest BCUT2D eigenvalue weighted by atomic mass is 19.1. The van der Waals surface area contributed by atoms with Crippen molar-refractivity contribution in [2.45, 2.75) is 38.3 Å². The number of amides is 1. The van der Waals surface area contributed by atoms with Crippen LogP contribution in [0.15, 0.2) is 54.7 Å². The summed E-state index contributed by atoms with van der Waals surface area (Å²) in [7, 11) is 0. The quantitative estimate of drug-likeness (QED) is 0.683. The lowest BCUT2D eigenvalue weighted by atomic mass is 9.95. The maximum absolute atomic E-state index is 13.2. The highest BCUT2D eigenvalue weighted by Crippen LogP contribution is 2.23. The van der Waals surface area contributed by atoms with Crippen molar-refractivity contribution in [3.8, 4) is 6.07 Å². The van der Waals surface area contributed by atoms with Gasteiger partial charge in [-0.15, -0.1) is 0 Å². The zero-order valence-electron chi connectivity index (χ0n) is 15.6. The maximum Gasteiger partial charge on any atom is 0.242 e. The number of aromatic nitrogens is 1. The van der Waals surface area contributed by atoms with E-state index in [1.54, 1.807) is 18.2 Å². The first-order valence-electron chi connectivity index (χ1n) is 9.67. The fourth-order valence-electron chi connectivity index (χ4n) is 4.08. The number of piperidine rings is 1. The van der Waals surface area contributed by atoms with E-state index in [2.05, 4.69) is 6.07 Å². The summed E-state index contributed by atoms with van der Waals surface area (Å²) in [6, 6.07) is 16.3. The lowest BCUT2D eigenvalue weighted by Crippen LogP contribution is -2.46. The third-order valence-electron chi connectivity index (χ3n) is 5.54. The molecule has 0 radical (unpaired) electrons. The average Bonchev–Trinajstić information content (AvgIpc) is 3.12. The van der Waals surface area contributed by atoms with Gasteiger partial charge in [-0.05, 0) is 67.6 Å². The Kier molecular flexibility index (Phi) is 5.12. The summed E-state index contributed by atoms with van der Waals surface area (Å²) < 4.78 is 15.1. The molecule has 1 amide bonds. The van der Waals surface area contributed by atoms with Crippen LogP contribution in [0, 0.1) is 17.1 Å². The largest absolute Gasteiger partial charge is 0.338 e. The summed E-state index contributed by atoms with van der Waals surface area (Å²) >= 11 is 0. The molecule has 4 rings (SSSR count). The Morgan fingerprint density at radius 2 is 1.96 bits per heavy atom. The molecule has 1 aromatic heterocycles. The van der Waals surface area contributed by atoms with Crippen molar-refractivity contribution in [1.29, 1.82) is 5.26 Å². The molecule has 0 bridgehead atoms. The Balaban J connectivity index is 1.51. The van der Waals surface area contributed by atoms with Crippen LogP contribution in [0.3, 0.4) is 0 Å². The molecule has 5 heteroatoms. The molecule has 2 aromatic carbocycles. The van der Waals surface area contributed by atoms with Gasteiger partial charge in [0, 0.05) is 29.7 Å². The highest BCUT2D eigenvalue weighted by Gasteiger charge is 2.27. The highest BCUT2D eigenvalue weighted by molar-refractivity contribution is 5.84. The fourth-order valence-corrected chi connectivity index (χ4v) is 4.08. The normalized spacial score (nSPS) is 16.9. The molecule has 1 unspecified atom stereocenters. The van der Waals surface area contributed by atoms with Gasteiger partial charge in [-0.25, -0.2) is 4.39 Å². The monoisotopic (exact) mass is 375 g/mol. The Labute approximate surface area is 163 Å². The minimum Gasteiger partial charge on any atom is -0.338 e. The van der Waals surface area contributed by atoms with Gasteiger partial charge < -0.3 is 9.47 Å². The molecule has 1 atom stereocenters. The fraction of sp³-hybridized carbons (Fsp3) is 0.304. The lowest BCUT2D eigenvalue weighted by molar-refractivity contribution is -0.135. The van der Waals surface area contributed by atoms with Gasteiger partial charge in [0.2, 0.25) is 5.91 Å². The van der Waals surface area contributed by atoms with Crippen molar-refractivity contribution < 1.29 is 9.18 Å². The van der Waals surface area contributed by atoms with Crippen LogP contribution >= 0.6 is 0 Å². The molecule has 3 aromatic rings. The minimum atomic E-state index is -0.237. The summed E-state index contributed by atoms with van der Waals surface area (Å²) in [6.07, 6.45) is 5.76. The van der Waals surface area contributed by atoms with Crippen LogP contribution in [-0.4, -0.2) is 28.0 Å². The van der Waals surface area contributed by atoms with Crippen LogP contribution in [0.1, 0.15) is 30.4 Å². The average molecular weight is 375 g/mol. The SMILES string of the molecule is N#Cc1ccc2c(ccn2CC(=O)N2CCCCC2Cc2ccc(F)cc2)c1. The molecule has 4 nitrogen and oxygen atoms in total. The first kappa shape index (κ1) is 18.2. The van der Waals surface area contributed by atoms with Gasteiger partial charge in [-0.3, -0.25) is 4.79 Å². The zero-order chi connectivity index (χ0) is 19.5. The van der Waals surface area contributed by atoms with E-state index in [1.165, 1.54) is 12.1 Å². The Morgan fingerprint density at radius 3 is 2.75 bits per heavy atom. The number of fused-ring (bicyclic) bond motifs is 1. The van der Waals surface area contributed by atoms with Gasteiger partial charge in [-0.1, -0.05) is 12.1 Å². The van der Waals surface area contributed by atoms with Crippen LogP contribution in [0.25, 0.3) is 10.9 Å². The standard InChI is InChI=1S/C23H22FN3O/c24-20-7-4-17(5-8-20)14-21-3-1-2-11-27(21)23(28)16-26-12-10-19-13-18(15-25)6-9-22(19)26/h4-10,12-13,21H,1-3,11,14,16H2. The molecule has 2 heterocycles. The van der Waals surface area contributed by atoms with Crippen molar-refractivity contribution in [2.24, 2.45) is 0 Å². The molecular weight excluding hydrogens is 353 g/mol. The number of carbonyl (C=O) groups is 1. The van der Waals surface area contributed by atoms with Crippen molar-refractivity contribution in [3.05, 3.63) is 71.7 Å². The summed E-state index contributed by atoms with van der Waals surface area (Å²) in [5.74, 6) is -0.131. The van der Waals surface area contributed by atoms with Gasteiger partial charge in [0.1, 0.15) is 12.4 Å². The second kappa shape index (κ2) is 7.85. The zero-order valence-corrected chi connectivity index (χ0v) is 15.6. The summed E-state index contributed by atoms with van der Waals surface area (Å²) in [6.45, 7) is 1.05. The van der Waals surface area contributed by atoms with Gasteiger partial charge >= 0.3 is 0 Å². The lowest BCUT2D eigenvalue weighted by Gasteiger charge is -2.36. The van der Waals surface area contributed by atoms with Crippen molar-refractivity contribution in [3.63, 3.8) is 0 Å². The summed E-state index contributed by atoms with van der Waals surface area (Å²) in [5, 5.41) is 10.0. The minimum absolute atomic E-state index is 0.105. The van der Waals surface area contributed by atoms with Crippen LogP contribution in [-0.2, 0) is 17.8 Å². The second-order valence-corrected chi connectivity index (χ2v) is 7.40. The number of rotatable bonds is 4. The Bertz CT molecular complexity index is 1030. The molecule has 0 aliphatic carbocycles. The number of hydrogen-bond donors (Lipinski definition) is 0. The molecule has 1 aliphatic rings. The first-order valence-corrected chi connectivity index (χ1v) is 9.67. The van der Waals surface area contributed by atoms with E-state index >= 15 is 0 Å². The van der Waals surface area contributed by atoms with E-state index in [0.29, 0.717) is 5.56 Å². The van der Waals surface area contributed by atoms with E-state index < -0.39 is 0 Å². The molecule has 142 valence electrons. The van der Waals surface area contributed by atoms with E-state index in [0.717, 1.165) is 48.7 Å². The van der Waals surface area contributed by atoms with Gasteiger partial charge in [-0.2, -0.15) is 5.26 Å². The number of nitrogens with zero attached hydrogens (tertiary/aromatic N) is 3. The van der Waals surface area contributed by atoms with Crippen LogP contribution in [0.4, 0.5) is 4.39 Å². The van der Waals surface area contributed by atoms with Gasteiger partial charge in [0.25, 0.3) is 0 Å². The number of likely N-dealkylation sites (tertiary alicyclic amines) is 1. The Morgan fingerprint density at radius 1 is 1.14 bits per heavy atom. The van der Waals surface area contributed by atoms with Gasteiger partial charge in [0.15, 0.2) is 0 Å². The van der Waals surface area contributed by atoms with E-state index in [4.69, 9.17) is 5.26 Å². The molecule has 0 saturated carbocycles. The predicted molar refractivity (Wildman–Crippen MR) is 106 cm³/mol. The van der Waals surface area contributed by atoms with Gasteiger partial charge in [0.05, 0.1) is 11.6 Å². The van der Waals surface area contributed by atoms with E-state index in [1.807, 2.05) is 33.9 Å². The summed E-state index contributed by atoms with van der Waals surface area (Å²) in [5.41, 5.74) is 2.63. The molecule has 0 N–H and O–H groups in total. The smallest absolute Gasteiger partial charge is 0.242 e. The molecular formula is C23H22FN3O. The molecule has 1 fully saturated rings. The molecule has 28 heavy (non-hydrogen) atoms. The first-order chi connectivity index (χ1) is 13.6. The molecule has 1 saturated heterocycles. The van der Waals surface area contributed by atoms with Crippen molar-refractivity contribution in [2.75, 3.05) is 6.54 Å². The van der Waals surface area contributed by atoms with Crippen LogP contribution in [0.2, 0.25) is 0 Å². The number of nitriles is 1. The maximum atomic E-state index is 13.2. The third kappa shape index (κ3) is 3.77. The predicted octanol–water partition coefficient (Wildman–Crippen LogP) is 4.28. The number of halogens is 1. The number of hydrogen-bond acceptors (Lipinski definition) is 2. The third-order valence-corrected chi connectivity index (χ3v) is 5.54. The van der Waals surface area contributed by atoms with E-state index in [-0.39, 0.29) is 24.3 Å².